The summed E-state index contributed by atoms with van der Waals surface area (Å²) >= 11 is 0. The van der Waals surface area contributed by atoms with Crippen molar-refractivity contribution in [1.29, 1.82) is 0 Å². The summed E-state index contributed by atoms with van der Waals surface area (Å²) in [5.74, 6) is -6.06. The third-order valence-electron chi connectivity index (χ3n) is 4.91. The fourth-order valence-electron chi connectivity index (χ4n) is 3.31. The Morgan fingerprint density at radius 2 is 1.54 bits per heavy atom. The van der Waals surface area contributed by atoms with E-state index in [2.05, 4.69) is 0 Å². The lowest BCUT2D eigenvalue weighted by molar-refractivity contribution is -0.124. The molecule has 0 heterocycles. The lowest BCUT2D eigenvalue weighted by Crippen LogP contribution is -2.30. The molecule has 4 nitrogen and oxygen atoms in total. The van der Waals surface area contributed by atoms with Gasteiger partial charge in [-0.3, -0.25) is 4.79 Å². The maximum absolute atomic E-state index is 14.5. The van der Waals surface area contributed by atoms with Crippen molar-refractivity contribution in [1.82, 2.24) is 0 Å². The summed E-state index contributed by atoms with van der Waals surface area (Å²) < 4.78 is 42.8. The molecule has 3 rings (SSSR count). The Labute approximate surface area is 162 Å². The van der Waals surface area contributed by atoms with Gasteiger partial charge in [-0.1, -0.05) is 38.2 Å². The molecule has 0 fully saturated rings. The normalized spacial score (nSPS) is 21.5. The number of hydrogen-bond acceptors (Lipinski definition) is 3. The molecule has 0 aliphatic heterocycles. The van der Waals surface area contributed by atoms with Crippen molar-refractivity contribution in [3.8, 4) is 0 Å². The average Bonchev–Trinajstić information content (AvgIpc) is 2.84. The molecule has 0 amide bonds. The van der Waals surface area contributed by atoms with Gasteiger partial charge in [-0.05, 0) is 37.0 Å². The second-order valence-electron chi connectivity index (χ2n) is 6.29. The molecule has 2 aliphatic carbocycles. The van der Waals surface area contributed by atoms with Crippen LogP contribution in [0, 0.1) is 37.2 Å². The summed E-state index contributed by atoms with van der Waals surface area (Å²) in [6, 6.07) is 0. The van der Waals surface area contributed by atoms with Crippen LogP contribution in [0.2, 0.25) is 0 Å². The molecule has 0 saturated heterocycles. The van der Waals surface area contributed by atoms with Crippen LogP contribution in [0.5, 0.6) is 0 Å². The van der Waals surface area contributed by atoms with Crippen LogP contribution in [-0.2, 0) is 4.79 Å². The zero-order chi connectivity index (χ0) is 20.5. The first kappa shape index (κ1) is 23.8. The molecule has 1 aromatic rings. The predicted molar refractivity (Wildman–Crippen MR) is 100 cm³/mol. The Kier molecular flexibility index (Phi) is 7.93. The highest BCUT2D eigenvalue weighted by atomic mass is 19.2. The first-order valence-electron chi connectivity index (χ1n) is 8.88. The molecule has 154 valence electrons. The van der Waals surface area contributed by atoms with Crippen molar-refractivity contribution in [3.05, 3.63) is 69.6 Å². The maximum Gasteiger partial charge on any atom is 0.172 e. The number of aliphatic hydroxyl groups excluding tert-OH is 2. The molecule has 2 aliphatic rings. The molecule has 1 aromatic carbocycles. The van der Waals surface area contributed by atoms with Gasteiger partial charge in [-0.2, -0.15) is 0 Å². The second kappa shape index (κ2) is 9.32. The molecule has 0 bridgehead atoms. The van der Waals surface area contributed by atoms with Crippen molar-refractivity contribution >= 4 is 5.78 Å². The van der Waals surface area contributed by atoms with E-state index in [1.54, 1.807) is 18.2 Å². The summed E-state index contributed by atoms with van der Waals surface area (Å²) in [5.41, 5.74) is -0.807. The molecule has 28 heavy (non-hydrogen) atoms. The Morgan fingerprint density at radius 1 is 1.00 bits per heavy atom. The molecule has 0 radical (unpaired) electrons. The van der Waals surface area contributed by atoms with Gasteiger partial charge in [0.2, 0.25) is 0 Å². The van der Waals surface area contributed by atoms with E-state index in [1.165, 1.54) is 19.9 Å². The van der Waals surface area contributed by atoms with Gasteiger partial charge in [0.1, 0.15) is 5.82 Å². The predicted octanol–water partition coefficient (Wildman–Crippen LogP) is 3.33. The second-order valence-corrected chi connectivity index (χ2v) is 6.29. The number of halogens is 3. The van der Waals surface area contributed by atoms with Crippen LogP contribution in [0.4, 0.5) is 13.2 Å². The van der Waals surface area contributed by atoms with Gasteiger partial charge in [0.25, 0.3) is 0 Å². The number of carbonyl (C=O) groups is 1. The van der Waals surface area contributed by atoms with E-state index >= 15 is 0 Å². The number of carbonyl (C=O) groups excluding carboxylic acids is 1. The van der Waals surface area contributed by atoms with E-state index < -0.39 is 46.9 Å². The van der Waals surface area contributed by atoms with Crippen molar-refractivity contribution < 1.29 is 33.7 Å². The van der Waals surface area contributed by atoms with Gasteiger partial charge in [0, 0.05) is 5.57 Å². The van der Waals surface area contributed by atoms with E-state index in [-0.39, 0.29) is 27.7 Å². The number of Topliss-reactive ketones (excluding diaryl/α,β-unsaturated/α-hetero) is 1. The quantitative estimate of drug-likeness (QED) is 0.749. The number of allylic oxidation sites excluding steroid dienone is 4. The van der Waals surface area contributed by atoms with Crippen LogP contribution in [0.25, 0.3) is 0 Å². The molecule has 4 N–H and O–H groups in total. The highest BCUT2D eigenvalue weighted by Gasteiger charge is 2.46. The zero-order valence-electron chi connectivity index (χ0n) is 16.2. The van der Waals surface area contributed by atoms with Crippen molar-refractivity contribution in [3.63, 3.8) is 0 Å². The van der Waals surface area contributed by atoms with Gasteiger partial charge in [-0.15, -0.1) is 0 Å². The third-order valence-corrected chi connectivity index (χ3v) is 4.91. The largest absolute Gasteiger partial charge is 0.412 e. The molecule has 0 aromatic heterocycles. The van der Waals surface area contributed by atoms with Gasteiger partial charge in [0.15, 0.2) is 17.4 Å². The Hall–Kier alpha value is -2.22. The third kappa shape index (κ3) is 3.70. The Balaban J connectivity index is 0.00000127. The van der Waals surface area contributed by atoms with Crippen LogP contribution < -0.4 is 0 Å². The minimum Gasteiger partial charge on any atom is -0.412 e. The van der Waals surface area contributed by atoms with Crippen molar-refractivity contribution in [2.24, 2.45) is 5.92 Å². The minimum absolute atomic E-state index is 0. The summed E-state index contributed by atoms with van der Waals surface area (Å²) in [6.45, 7) is 6.48. The number of aliphatic hydroxyl groups is 2. The molecular formula is C21H25F3O4. The van der Waals surface area contributed by atoms with E-state index in [0.717, 1.165) is 0 Å². The molecule has 0 spiro atoms. The summed E-state index contributed by atoms with van der Waals surface area (Å²) in [7, 11) is 0. The Bertz CT molecular complexity index is 827. The first-order chi connectivity index (χ1) is 12.8. The van der Waals surface area contributed by atoms with Gasteiger partial charge < -0.3 is 15.7 Å². The van der Waals surface area contributed by atoms with E-state index in [0.29, 0.717) is 6.42 Å². The van der Waals surface area contributed by atoms with Crippen LogP contribution in [0.3, 0.4) is 0 Å². The van der Waals surface area contributed by atoms with Crippen LogP contribution in [-0.4, -0.2) is 27.6 Å². The average molecular weight is 398 g/mol. The molecule has 7 heteroatoms. The van der Waals surface area contributed by atoms with E-state index in [1.807, 2.05) is 13.8 Å². The number of benzene rings is 1. The minimum atomic E-state index is -2.01. The van der Waals surface area contributed by atoms with E-state index in [4.69, 9.17) is 0 Å². The van der Waals surface area contributed by atoms with Gasteiger partial charge >= 0.3 is 0 Å². The SMILES string of the molecule is CC.Cc1c(C)c(F)c(C(O)C2C(=O)C3=C(C=CCC=C3)C2O)c(F)c1F.O. The monoisotopic (exact) mass is 398 g/mol. The number of ketones is 1. The molecule has 3 atom stereocenters. The summed E-state index contributed by atoms with van der Waals surface area (Å²) in [6.07, 6.45) is 3.63. The number of hydrogen-bond donors (Lipinski definition) is 2. The zero-order valence-corrected chi connectivity index (χ0v) is 16.2. The van der Waals surface area contributed by atoms with E-state index in [9.17, 15) is 28.2 Å². The smallest absolute Gasteiger partial charge is 0.172 e. The standard InChI is InChI=1S/C19H17F3O3.C2H6.H2O/c1-8-9(2)15(21)16(22)12(14(8)20)19(25)13-17(23)10-6-4-3-5-7-11(10)18(13)24;1-2;/h4-7,13,17,19,23,25H,3H2,1-2H3;1-2H3;1H2. The van der Waals surface area contributed by atoms with Crippen LogP contribution in [0.15, 0.2) is 35.5 Å². The number of rotatable bonds is 2. The fourth-order valence-corrected chi connectivity index (χ4v) is 3.31. The fraction of sp³-hybridized carbons (Fsp3) is 0.381. The lowest BCUT2D eigenvalue weighted by atomic mass is 9.87. The molecule has 0 saturated carbocycles. The van der Waals surface area contributed by atoms with Crippen molar-refractivity contribution in [2.75, 3.05) is 0 Å². The summed E-state index contributed by atoms with van der Waals surface area (Å²) in [5, 5.41) is 20.9. The highest BCUT2D eigenvalue weighted by Crippen LogP contribution is 2.41. The van der Waals surface area contributed by atoms with Crippen LogP contribution >= 0.6 is 0 Å². The lowest BCUT2D eigenvalue weighted by Gasteiger charge is -2.24. The topological polar surface area (TPSA) is 89.0 Å². The molecule has 3 unspecified atom stereocenters. The Morgan fingerprint density at radius 3 is 2.14 bits per heavy atom. The highest BCUT2D eigenvalue weighted by molar-refractivity contribution is 6.05. The first-order valence-corrected chi connectivity index (χ1v) is 8.88. The van der Waals surface area contributed by atoms with Crippen LogP contribution in [0.1, 0.15) is 43.1 Å². The van der Waals surface area contributed by atoms with Crippen molar-refractivity contribution in [2.45, 2.75) is 46.3 Å². The van der Waals surface area contributed by atoms with Gasteiger partial charge in [-0.25, -0.2) is 13.2 Å². The van der Waals surface area contributed by atoms with Gasteiger partial charge in [0.05, 0.1) is 23.7 Å². The molecular weight excluding hydrogens is 373 g/mol. The maximum atomic E-state index is 14.5. The summed E-state index contributed by atoms with van der Waals surface area (Å²) in [4.78, 5) is 12.6.